The van der Waals surface area contributed by atoms with Crippen molar-refractivity contribution in [3.8, 4) is 17.2 Å². The van der Waals surface area contributed by atoms with Gasteiger partial charge >= 0.3 is 11.9 Å². The highest BCUT2D eigenvalue weighted by molar-refractivity contribution is 6.30. The van der Waals surface area contributed by atoms with Crippen molar-refractivity contribution in [2.75, 3.05) is 6.61 Å². The van der Waals surface area contributed by atoms with E-state index in [4.69, 9.17) is 30.2 Å². The topological polar surface area (TPSA) is 92.0 Å². The maximum atomic E-state index is 12.8. The van der Waals surface area contributed by atoms with Crippen molar-refractivity contribution in [2.24, 2.45) is 0 Å². The lowest BCUT2D eigenvalue weighted by atomic mass is 10.2. The van der Waals surface area contributed by atoms with Crippen LogP contribution in [0, 0.1) is 0 Å². The van der Waals surface area contributed by atoms with E-state index in [0.29, 0.717) is 28.5 Å². The first kappa shape index (κ1) is 23.1. The van der Waals surface area contributed by atoms with Crippen molar-refractivity contribution in [3.63, 3.8) is 0 Å². The van der Waals surface area contributed by atoms with Gasteiger partial charge in [0.05, 0.1) is 23.1 Å². The smallest absolute Gasteiger partial charge is 0.343 e. The minimum atomic E-state index is -0.569. The molecule has 0 amide bonds. The van der Waals surface area contributed by atoms with E-state index in [9.17, 15) is 14.4 Å². The second kappa shape index (κ2) is 10.2. The Morgan fingerprint density at radius 1 is 0.882 bits per heavy atom. The largest absolute Gasteiger partial charge is 0.462 e. The molecule has 0 saturated heterocycles. The average Bonchev–Trinajstić information content (AvgIpc) is 2.85. The molecule has 172 valence electrons. The summed E-state index contributed by atoms with van der Waals surface area (Å²) in [5.74, 6) is -0.451. The van der Waals surface area contributed by atoms with Crippen molar-refractivity contribution in [1.29, 1.82) is 0 Å². The van der Waals surface area contributed by atoms with Crippen LogP contribution in [0.1, 0.15) is 34.1 Å². The number of hydrogen-bond acceptors (Lipinski definition) is 7. The first-order valence-electron chi connectivity index (χ1n) is 10.4. The number of carbonyl (C=O) groups excluding carboxylic acids is 2. The van der Waals surface area contributed by atoms with Gasteiger partial charge in [0.25, 0.3) is 0 Å². The third-order valence-electron chi connectivity index (χ3n) is 4.76. The van der Waals surface area contributed by atoms with Crippen LogP contribution in [0.25, 0.3) is 11.0 Å². The van der Waals surface area contributed by atoms with E-state index < -0.39 is 17.4 Å². The molecule has 0 atom stereocenters. The zero-order chi connectivity index (χ0) is 24.1. The highest BCUT2D eigenvalue weighted by Crippen LogP contribution is 2.25. The van der Waals surface area contributed by atoms with Gasteiger partial charge in [0.1, 0.15) is 23.3 Å². The molecule has 34 heavy (non-hydrogen) atoms. The molecule has 0 fully saturated rings. The van der Waals surface area contributed by atoms with Gasteiger partial charge in [-0.05, 0) is 67.1 Å². The van der Waals surface area contributed by atoms with Crippen molar-refractivity contribution >= 4 is 34.5 Å². The van der Waals surface area contributed by atoms with Gasteiger partial charge in [-0.15, -0.1) is 0 Å². The molecule has 3 aromatic carbocycles. The van der Waals surface area contributed by atoms with E-state index in [2.05, 4.69) is 0 Å². The van der Waals surface area contributed by atoms with E-state index in [1.807, 2.05) is 6.92 Å². The van der Waals surface area contributed by atoms with Crippen LogP contribution in [-0.4, -0.2) is 18.5 Å². The number of benzene rings is 3. The molecule has 0 spiro atoms. The van der Waals surface area contributed by atoms with Crippen molar-refractivity contribution in [1.82, 2.24) is 0 Å². The molecule has 7 nitrogen and oxygen atoms in total. The summed E-state index contributed by atoms with van der Waals surface area (Å²) in [5.41, 5.74) is 0.544. The molecule has 0 saturated carbocycles. The molecular formula is C26H19ClO7. The summed E-state index contributed by atoms with van der Waals surface area (Å²) < 4.78 is 21.6. The maximum Gasteiger partial charge on any atom is 0.343 e. The summed E-state index contributed by atoms with van der Waals surface area (Å²) in [6, 6.07) is 16.9. The van der Waals surface area contributed by atoms with E-state index in [0.717, 1.165) is 6.42 Å². The van der Waals surface area contributed by atoms with Gasteiger partial charge in [0, 0.05) is 11.1 Å². The van der Waals surface area contributed by atoms with Crippen LogP contribution < -0.4 is 14.9 Å². The molecule has 0 aliphatic heterocycles. The van der Waals surface area contributed by atoms with Gasteiger partial charge < -0.3 is 18.6 Å². The number of halogens is 1. The molecule has 0 aliphatic carbocycles. The summed E-state index contributed by atoms with van der Waals surface area (Å²) >= 11 is 5.83. The Balaban J connectivity index is 1.49. The molecule has 0 aliphatic rings. The highest BCUT2D eigenvalue weighted by Gasteiger charge is 2.14. The molecule has 4 rings (SSSR count). The number of carbonyl (C=O) groups is 2. The Labute approximate surface area is 199 Å². The average molecular weight is 479 g/mol. The number of fused-ring (bicyclic) bond motifs is 1. The highest BCUT2D eigenvalue weighted by atomic mass is 35.5. The Morgan fingerprint density at radius 2 is 1.53 bits per heavy atom. The molecule has 1 heterocycles. The van der Waals surface area contributed by atoms with Gasteiger partial charge in [-0.2, -0.15) is 0 Å². The van der Waals surface area contributed by atoms with Crippen LogP contribution in [0.5, 0.6) is 17.2 Å². The van der Waals surface area contributed by atoms with Gasteiger partial charge in [-0.3, -0.25) is 4.79 Å². The standard InChI is InChI=1S/C26H19ClO7/c1-2-13-31-25(29)16-5-9-19(10-6-16)33-23-15-32-22-14-20(11-12-21(22)24(23)28)34-26(30)17-3-7-18(27)8-4-17/h3-12,14-15H,2,13H2,1H3. The number of esters is 2. The zero-order valence-electron chi connectivity index (χ0n) is 18.1. The predicted molar refractivity (Wildman–Crippen MR) is 126 cm³/mol. The quantitative estimate of drug-likeness (QED) is 0.236. The first-order chi connectivity index (χ1) is 16.4. The SMILES string of the molecule is CCCOC(=O)c1ccc(Oc2coc3cc(OC(=O)c4ccc(Cl)cc4)ccc3c2=O)cc1. The molecular weight excluding hydrogens is 460 g/mol. The molecule has 0 radical (unpaired) electrons. The molecule has 0 unspecified atom stereocenters. The minimum Gasteiger partial charge on any atom is -0.462 e. The lowest BCUT2D eigenvalue weighted by Crippen LogP contribution is -2.09. The summed E-state index contributed by atoms with van der Waals surface area (Å²) in [4.78, 5) is 37.0. The van der Waals surface area contributed by atoms with Crippen molar-refractivity contribution < 1.29 is 28.2 Å². The van der Waals surface area contributed by atoms with Gasteiger partial charge in [-0.25, -0.2) is 9.59 Å². The van der Waals surface area contributed by atoms with E-state index in [1.54, 1.807) is 48.5 Å². The second-order valence-corrected chi connectivity index (χ2v) is 7.68. The Kier molecular flexibility index (Phi) is 6.94. The van der Waals surface area contributed by atoms with E-state index in [-0.39, 0.29) is 22.5 Å². The Hall–Kier alpha value is -4.10. The number of rotatable bonds is 7. The van der Waals surface area contributed by atoms with Crippen LogP contribution in [0.3, 0.4) is 0 Å². The van der Waals surface area contributed by atoms with Crippen molar-refractivity contribution in [2.45, 2.75) is 13.3 Å². The fourth-order valence-electron chi connectivity index (χ4n) is 3.04. The lowest BCUT2D eigenvalue weighted by Gasteiger charge is -2.08. The third kappa shape index (κ3) is 5.27. The van der Waals surface area contributed by atoms with E-state index in [1.165, 1.54) is 24.5 Å². The fourth-order valence-corrected chi connectivity index (χ4v) is 3.17. The van der Waals surface area contributed by atoms with Crippen molar-refractivity contribution in [3.05, 3.63) is 99.4 Å². The van der Waals surface area contributed by atoms with Crippen LogP contribution in [0.2, 0.25) is 5.02 Å². The Bertz CT molecular complexity index is 1390. The van der Waals surface area contributed by atoms with Crippen LogP contribution >= 0.6 is 11.6 Å². The van der Waals surface area contributed by atoms with Gasteiger partial charge in [0.2, 0.25) is 11.2 Å². The van der Waals surface area contributed by atoms with Crippen LogP contribution in [-0.2, 0) is 4.74 Å². The summed E-state index contributed by atoms with van der Waals surface area (Å²) in [6.45, 7) is 2.26. The Morgan fingerprint density at radius 3 is 2.24 bits per heavy atom. The van der Waals surface area contributed by atoms with Gasteiger partial charge in [-0.1, -0.05) is 18.5 Å². The first-order valence-corrected chi connectivity index (χ1v) is 10.8. The molecule has 0 N–H and O–H groups in total. The third-order valence-corrected chi connectivity index (χ3v) is 5.01. The minimum absolute atomic E-state index is 0.0280. The zero-order valence-corrected chi connectivity index (χ0v) is 18.8. The summed E-state index contributed by atoms with van der Waals surface area (Å²) in [5, 5.41) is 0.760. The molecule has 8 heteroatoms. The maximum absolute atomic E-state index is 12.8. The monoisotopic (exact) mass is 478 g/mol. The molecule has 1 aromatic heterocycles. The van der Waals surface area contributed by atoms with E-state index >= 15 is 0 Å². The van der Waals surface area contributed by atoms with Gasteiger partial charge in [0.15, 0.2) is 0 Å². The fraction of sp³-hybridized carbons (Fsp3) is 0.115. The lowest BCUT2D eigenvalue weighted by molar-refractivity contribution is 0.0504. The molecule has 4 aromatic rings. The summed E-state index contributed by atoms with van der Waals surface area (Å²) in [7, 11) is 0. The second-order valence-electron chi connectivity index (χ2n) is 7.25. The summed E-state index contributed by atoms with van der Waals surface area (Å²) in [6.07, 6.45) is 1.91. The number of hydrogen-bond donors (Lipinski definition) is 0. The number of ether oxygens (including phenoxy) is 3. The van der Waals surface area contributed by atoms with Crippen LogP contribution in [0.15, 0.2) is 82.2 Å². The molecule has 0 bridgehead atoms. The van der Waals surface area contributed by atoms with Crippen LogP contribution in [0.4, 0.5) is 0 Å². The normalized spacial score (nSPS) is 10.6. The predicted octanol–water partition coefficient (Wildman–Crippen LogP) is 6.02.